The van der Waals surface area contributed by atoms with E-state index in [4.69, 9.17) is 4.74 Å². The van der Waals surface area contributed by atoms with Gasteiger partial charge in [-0.2, -0.15) is 0 Å². The highest BCUT2D eigenvalue weighted by Gasteiger charge is 2.11. The van der Waals surface area contributed by atoms with E-state index < -0.39 is 11.8 Å². The van der Waals surface area contributed by atoms with Crippen LogP contribution in [0.15, 0.2) is 83.3 Å². The number of hydrogen-bond donors (Lipinski definition) is 0. The average molecular weight is 425 g/mol. The number of carbonyl (C=O) groups is 2. The molecule has 0 spiro atoms. The summed E-state index contributed by atoms with van der Waals surface area (Å²) in [6, 6.07) is 19.0. The number of allylic oxidation sites excluding steroid dienone is 1. The lowest BCUT2D eigenvalue weighted by molar-refractivity contribution is 0.0734. The first-order valence-electron chi connectivity index (χ1n) is 8.08. The molecule has 27 heavy (non-hydrogen) atoms. The van der Waals surface area contributed by atoms with Gasteiger partial charge in [-0.3, -0.25) is 4.79 Å². The molecule has 3 aromatic rings. The number of carbonyl (C=O) groups excluding carboxylic acids is 2. The van der Waals surface area contributed by atoms with Crippen molar-refractivity contribution < 1.29 is 18.7 Å². The number of halogens is 2. The lowest BCUT2D eigenvalue weighted by Crippen LogP contribution is -2.09. The van der Waals surface area contributed by atoms with Gasteiger partial charge in [0.25, 0.3) is 0 Å². The summed E-state index contributed by atoms with van der Waals surface area (Å²) in [6.45, 7) is 0. The van der Waals surface area contributed by atoms with E-state index in [1.165, 1.54) is 30.3 Å². The van der Waals surface area contributed by atoms with Crippen LogP contribution in [0.2, 0.25) is 0 Å². The van der Waals surface area contributed by atoms with Crippen LogP contribution in [0.25, 0.3) is 6.08 Å². The third kappa shape index (κ3) is 4.99. The lowest BCUT2D eigenvalue weighted by atomic mass is 10.1. The quantitative estimate of drug-likeness (QED) is 0.228. The fraction of sp³-hybridized carbons (Fsp3) is 0. The van der Waals surface area contributed by atoms with Crippen molar-refractivity contribution in [3.63, 3.8) is 0 Å². The van der Waals surface area contributed by atoms with Gasteiger partial charge in [0.1, 0.15) is 11.6 Å². The third-order valence-electron chi connectivity index (χ3n) is 3.74. The van der Waals surface area contributed by atoms with Crippen molar-refractivity contribution in [2.75, 3.05) is 0 Å². The van der Waals surface area contributed by atoms with Gasteiger partial charge >= 0.3 is 5.97 Å². The van der Waals surface area contributed by atoms with Gasteiger partial charge in [-0.1, -0.05) is 34.1 Å². The Morgan fingerprint density at radius 3 is 2.19 bits per heavy atom. The van der Waals surface area contributed by atoms with Gasteiger partial charge in [0.15, 0.2) is 5.78 Å². The smallest absolute Gasteiger partial charge is 0.343 e. The number of ether oxygens (including phenoxy) is 1. The van der Waals surface area contributed by atoms with Gasteiger partial charge in [0, 0.05) is 15.6 Å². The summed E-state index contributed by atoms with van der Waals surface area (Å²) in [5.41, 5.74) is 1.37. The molecular weight excluding hydrogens is 411 g/mol. The van der Waals surface area contributed by atoms with Crippen LogP contribution in [-0.2, 0) is 0 Å². The topological polar surface area (TPSA) is 43.4 Å². The van der Waals surface area contributed by atoms with Crippen LogP contribution in [0.5, 0.6) is 5.75 Å². The molecule has 0 amide bonds. The number of esters is 1. The van der Waals surface area contributed by atoms with E-state index in [9.17, 15) is 14.0 Å². The summed E-state index contributed by atoms with van der Waals surface area (Å²) in [6.07, 6.45) is 3.02. The molecule has 3 nitrogen and oxygen atoms in total. The Morgan fingerprint density at radius 2 is 1.48 bits per heavy atom. The molecule has 134 valence electrons. The number of rotatable bonds is 5. The molecule has 0 saturated heterocycles. The normalized spacial score (nSPS) is 10.7. The molecule has 0 aliphatic heterocycles. The summed E-state index contributed by atoms with van der Waals surface area (Å²) >= 11 is 3.33. The van der Waals surface area contributed by atoms with Gasteiger partial charge in [-0.25, -0.2) is 9.18 Å². The maximum absolute atomic E-state index is 13.0. The van der Waals surface area contributed by atoms with E-state index >= 15 is 0 Å². The first kappa shape index (κ1) is 18.7. The summed E-state index contributed by atoms with van der Waals surface area (Å²) in [7, 11) is 0. The molecule has 0 fully saturated rings. The minimum Gasteiger partial charge on any atom is -0.422 e. The average Bonchev–Trinajstić information content (AvgIpc) is 2.68. The van der Waals surface area contributed by atoms with Crippen LogP contribution < -0.4 is 4.74 Å². The highest BCUT2D eigenvalue weighted by atomic mass is 79.9. The molecular formula is C22H14BrFO3. The predicted molar refractivity (Wildman–Crippen MR) is 105 cm³/mol. The van der Waals surface area contributed by atoms with Gasteiger partial charge in [0.05, 0.1) is 5.56 Å². The molecule has 3 aromatic carbocycles. The molecule has 0 heterocycles. The molecule has 0 aromatic heterocycles. The van der Waals surface area contributed by atoms with Gasteiger partial charge in [-0.05, 0) is 66.7 Å². The van der Waals surface area contributed by atoms with Crippen LogP contribution >= 0.6 is 15.9 Å². The Balaban J connectivity index is 1.77. The summed E-state index contributed by atoms with van der Waals surface area (Å²) < 4.78 is 19.3. The second kappa shape index (κ2) is 8.56. The van der Waals surface area contributed by atoms with E-state index in [-0.39, 0.29) is 11.3 Å². The maximum Gasteiger partial charge on any atom is 0.343 e. The van der Waals surface area contributed by atoms with E-state index in [0.717, 1.165) is 4.47 Å². The van der Waals surface area contributed by atoms with E-state index in [0.29, 0.717) is 16.9 Å². The van der Waals surface area contributed by atoms with Crippen molar-refractivity contribution in [3.8, 4) is 5.75 Å². The van der Waals surface area contributed by atoms with Crippen LogP contribution in [0, 0.1) is 5.82 Å². The molecule has 0 atom stereocenters. The van der Waals surface area contributed by atoms with E-state index in [2.05, 4.69) is 15.9 Å². The summed E-state index contributed by atoms with van der Waals surface area (Å²) in [4.78, 5) is 24.5. The maximum atomic E-state index is 13.0. The largest absolute Gasteiger partial charge is 0.422 e. The molecule has 3 rings (SSSR count). The second-order valence-corrected chi connectivity index (χ2v) is 6.55. The molecule has 0 radical (unpaired) electrons. The van der Waals surface area contributed by atoms with Crippen molar-refractivity contribution >= 4 is 33.8 Å². The minimum atomic E-state index is -0.602. The van der Waals surface area contributed by atoms with Crippen molar-refractivity contribution in [3.05, 3.63) is 106 Å². The highest BCUT2D eigenvalue weighted by molar-refractivity contribution is 9.10. The zero-order valence-corrected chi connectivity index (χ0v) is 15.6. The SMILES string of the molecule is O=C(C=Cc1ccccc1OC(=O)c1ccc(F)cc1)c1ccc(Br)cc1. The summed E-state index contributed by atoms with van der Waals surface area (Å²) in [5, 5.41) is 0. The van der Waals surface area contributed by atoms with E-state index in [1.807, 2.05) is 0 Å². The zero-order valence-electron chi connectivity index (χ0n) is 14.1. The van der Waals surface area contributed by atoms with Crippen LogP contribution in [0.1, 0.15) is 26.3 Å². The third-order valence-corrected chi connectivity index (χ3v) is 4.27. The molecule has 0 N–H and O–H groups in total. The van der Waals surface area contributed by atoms with Crippen molar-refractivity contribution in [1.29, 1.82) is 0 Å². The first-order valence-corrected chi connectivity index (χ1v) is 8.87. The minimum absolute atomic E-state index is 0.165. The van der Waals surface area contributed by atoms with Crippen LogP contribution in [0.3, 0.4) is 0 Å². The van der Waals surface area contributed by atoms with Crippen LogP contribution in [-0.4, -0.2) is 11.8 Å². The Hall–Kier alpha value is -3.05. The zero-order chi connectivity index (χ0) is 19.2. The second-order valence-electron chi connectivity index (χ2n) is 5.64. The number of benzene rings is 3. The molecule has 0 bridgehead atoms. The monoisotopic (exact) mass is 424 g/mol. The van der Waals surface area contributed by atoms with Crippen LogP contribution in [0.4, 0.5) is 4.39 Å². The summed E-state index contributed by atoms with van der Waals surface area (Å²) in [5.74, 6) is -0.884. The van der Waals surface area contributed by atoms with E-state index in [1.54, 1.807) is 54.6 Å². The fourth-order valence-electron chi connectivity index (χ4n) is 2.33. The van der Waals surface area contributed by atoms with Crippen molar-refractivity contribution in [2.24, 2.45) is 0 Å². The number of ketones is 1. The predicted octanol–water partition coefficient (Wildman–Crippen LogP) is 5.70. The highest BCUT2D eigenvalue weighted by Crippen LogP contribution is 2.21. The Kier molecular flexibility index (Phi) is 5.94. The number of hydrogen-bond acceptors (Lipinski definition) is 3. The van der Waals surface area contributed by atoms with Crippen molar-refractivity contribution in [1.82, 2.24) is 0 Å². The van der Waals surface area contributed by atoms with Crippen molar-refractivity contribution in [2.45, 2.75) is 0 Å². The molecule has 0 saturated carbocycles. The standard InChI is InChI=1S/C22H14BrFO3/c23-18-10-5-15(6-11-18)20(25)14-9-16-3-1-2-4-21(16)27-22(26)17-7-12-19(24)13-8-17/h1-14H. The Morgan fingerprint density at radius 1 is 0.852 bits per heavy atom. The Bertz CT molecular complexity index is 993. The molecule has 0 unspecified atom stereocenters. The van der Waals surface area contributed by atoms with Gasteiger partial charge in [-0.15, -0.1) is 0 Å². The Labute approximate surface area is 164 Å². The van der Waals surface area contributed by atoms with Gasteiger partial charge < -0.3 is 4.74 Å². The molecule has 0 aliphatic rings. The molecule has 0 aliphatic carbocycles. The first-order chi connectivity index (χ1) is 13.0. The molecule has 5 heteroatoms. The van der Waals surface area contributed by atoms with Gasteiger partial charge in [0.2, 0.25) is 0 Å². The number of para-hydroxylation sites is 1. The fourth-order valence-corrected chi connectivity index (χ4v) is 2.60. The lowest BCUT2D eigenvalue weighted by Gasteiger charge is -2.07.